The van der Waals surface area contributed by atoms with Gasteiger partial charge < -0.3 is 30.5 Å². The third-order valence-electron chi connectivity index (χ3n) is 8.86. The van der Waals surface area contributed by atoms with Gasteiger partial charge in [-0.1, -0.05) is 89.1 Å². The molecule has 2 amide bonds. The van der Waals surface area contributed by atoms with Crippen molar-refractivity contribution in [2.75, 3.05) is 18.1 Å². The van der Waals surface area contributed by atoms with E-state index in [1.54, 1.807) is 30.0 Å². The number of nitrogens with two attached hydrogens (primary N) is 1. The standard InChI is InChI=1S/C36H51N7O7S2/c1-3-5-6-7-8-9-10-11-12-13-14-15-16-19-27(44)49-23-25-18-17-20-42(21-25)22-26-24-51-34-29(33(46)43(34)30(26)35(47)48)38-32(45)28(40-50-4-2)31-39-36(37)52-41-31/h17-18,20-21,29,34H,3-16,19,22-24H2,1-2H3,(H3-,37,38,39,41,45,47,48)/t29?,34-/m0/s1. The zero-order chi connectivity index (χ0) is 37.3. The largest absolute Gasteiger partial charge is 0.543 e. The predicted molar refractivity (Wildman–Crippen MR) is 196 cm³/mol. The molecule has 0 radical (unpaired) electrons. The van der Waals surface area contributed by atoms with Crippen LogP contribution in [0.25, 0.3) is 0 Å². The van der Waals surface area contributed by atoms with Crippen molar-refractivity contribution in [2.24, 2.45) is 5.16 Å². The molecular formula is C36H51N7O7S2. The third-order valence-corrected chi connectivity index (χ3v) is 10.7. The fourth-order valence-corrected chi connectivity index (χ4v) is 7.92. The number of aromatic nitrogens is 3. The van der Waals surface area contributed by atoms with Gasteiger partial charge in [-0.2, -0.15) is 9.36 Å². The highest BCUT2D eigenvalue weighted by Crippen LogP contribution is 2.40. The Kier molecular flexibility index (Phi) is 16.8. The highest BCUT2D eigenvalue weighted by Gasteiger charge is 2.53. The lowest BCUT2D eigenvalue weighted by Crippen LogP contribution is -2.71. The molecule has 14 nitrogen and oxygen atoms in total. The number of pyridine rings is 1. The lowest BCUT2D eigenvalue weighted by molar-refractivity contribution is -0.689. The second-order valence-corrected chi connectivity index (χ2v) is 14.8. The van der Waals surface area contributed by atoms with E-state index in [9.17, 15) is 24.3 Å². The van der Waals surface area contributed by atoms with Crippen LogP contribution in [0.4, 0.5) is 5.13 Å². The Bertz CT molecular complexity index is 1580. The van der Waals surface area contributed by atoms with Gasteiger partial charge >= 0.3 is 5.97 Å². The maximum absolute atomic E-state index is 13.2. The third kappa shape index (κ3) is 12.0. The lowest BCUT2D eigenvalue weighted by atomic mass is 10.0. The summed E-state index contributed by atoms with van der Waals surface area (Å²) in [4.78, 5) is 61.2. The highest BCUT2D eigenvalue weighted by molar-refractivity contribution is 8.00. The smallest absolute Gasteiger partial charge is 0.306 e. The van der Waals surface area contributed by atoms with Crippen LogP contribution in [0, 0.1) is 0 Å². The van der Waals surface area contributed by atoms with E-state index in [1.807, 2.05) is 6.07 Å². The Hall–Kier alpha value is -4.05. The van der Waals surface area contributed by atoms with Crippen LogP contribution in [0.5, 0.6) is 0 Å². The molecule has 0 aromatic carbocycles. The van der Waals surface area contributed by atoms with Crippen molar-refractivity contribution >= 4 is 57.9 Å². The maximum atomic E-state index is 13.2. The van der Waals surface area contributed by atoms with Gasteiger partial charge in [-0.3, -0.25) is 19.3 Å². The van der Waals surface area contributed by atoms with Crippen LogP contribution in [-0.4, -0.2) is 67.5 Å². The number of carbonyl (C=O) groups excluding carboxylic acids is 4. The number of thioether (sulfide) groups is 1. The van der Waals surface area contributed by atoms with Crippen molar-refractivity contribution in [2.45, 2.75) is 128 Å². The minimum atomic E-state index is -1.49. The number of hydrogen-bond acceptors (Lipinski definition) is 13. The number of unbranched alkanes of at least 4 members (excludes halogenated alkanes) is 12. The van der Waals surface area contributed by atoms with Gasteiger partial charge in [-0.15, -0.1) is 11.8 Å². The fourth-order valence-electron chi connectivity index (χ4n) is 6.15. The van der Waals surface area contributed by atoms with Crippen LogP contribution < -0.4 is 20.7 Å². The van der Waals surface area contributed by atoms with Gasteiger partial charge in [0.2, 0.25) is 11.5 Å². The number of nitrogens with one attached hydrogen (secondary N) is 1. The highest BCUT2D eigenvalue weighted by atomic mass is 32.2. The molecule has 1 saturated heterocycles. The normalized spacial score (nSPS) is 17.1. The Morgan fingerprint density at radius 1 is 1.06 bits per heavy atom. The van der Waals surface area contributed by atoms with Gasteiger partial charge in [0.15, 0.2) is 24.1 Å². The van der Waals surface area contributed by atoms with Crippen LogP contribution in [0.1, 0.15) is 115 Å². The minimum Gasteiger partial charge on any atom is -0.543 e. The number of carboxylic acid groups (broad SMARTS) is 1. The molecule has 0 aliphatic carbocycles. The Labute approximate surface area is 313 Å². The van der Waals surface area contributed by atoms with E-state index in [2.05, 4.69) is 26.8 Å². The first kappa shape index (κ1) is 40.7. The molecule has 2 aromatic heterocycles. The molecule has 0 saturated carbocycles. The van der Waals surface area contributed by atoms with Gasteiger partial charge in [0.1, 0.15) is 24.6 Å². The number of amides is 2. The van der Waals surface area contributed by atoms with E-state index in [0.717, 1.165) is 41.3 Å². The second-order valence-electron chi connectivity index (χ2n) is 13.0. The van der Waals surface area contributed by atoms with Gasteiger partial charge in [0, 0.05) is 35.3 Å². The molecular weight excluding hydrogens is 707 g/mol. The molecule has 4 heterocycles. The van der Waals surface area contributed by atoms with Crippen LogP contribution in [0.2, 0.25) is 0 Å². The molecule has 2 aliphatic rings. The average Bonchev–Trinajstić information content (AvgIpc) is 3.57. The Morgan fingerprint density at radius 2 is 1.73 bits per heavy atom. The summed E-state index contributed by atoms with van der Waals surface area (Å²) >= 11 is 2.20. The zero-order valence-corrected chi connectivity index (χ0v) is 31.8. The van der Waals surface area contributed by atoms with E-state index < -0.39 is 29.2 Å². The number of oxime groups is 1. The maximum Gasteiger partial charge on any atom is 0.306 e. The molecule has 0 bridgehead atoms. The van der Waals surface area contributed by atoms with E-state index in [0.29, 0.717) is 12.0 Å². The quantitative estimate of drug-likeness (QED) is 0.0396. The van der Waals surface area contributed by atoms with E-state index >= 15 is 0 Å². The summed E-state index contributed by atoms with van der Waals surface area (Å²) in [6.45, 7) is 4.39. The molecule has 3 N–H and O–H groups in total. The van der Waals surface area contributed by atoms with Crippen molar-refractivity contribution in [1.29, 1.82) is 0 Å². The van der Waals surface area contributed by atoms with Crippen LogP contribution in [0.3, 0.4) is 0 Å². The number of hydrogen-bond donors (Lipinski definition) is 2. The van der Waals surface area contributed by atoms with Gasteiger partial charge in [0.25, 0.3) is 11.8 Å². The van der Waals surface area contributed by atoms with Crippen LogP contribution in [-0.2, 0) is 41.9 Å². The predicted octanol–water partition coefficient (Wildman–Crippen LogP) is 3.78. The molecule has 2 aromatic rings. The zero-order valence-electron chi connectivity index (χ0n) is 30.2. The van der Waals surface area contributed by atoms with Crippen molar-refractivity contribution in [3.8, 4) is 0 Å². The number of esters is 1. The minimum absolute atomic E-state index is 0.0465. The van der Waals surface area contributed by atoms with Crippen molar-refractivity contribution < 1.29 is 38.4 Å². The summed E-state index contributed by atoms with van der Waals surface area (Å²) in [7, 11) is 0. The number of aliphatic carboxylic acids is 1. The summed E-state index contributed by atoms with van der Waals surface area (Å²) in [5.41, 5.74) is 6.41. The second kappa shape index (κ2) is 21.5. The summed E-state index contributed by atoms with van der Waals surface area (Å²) < 4.78 is 11.3. The fraction of sp³-hybridized carbons (Fsp3) is 0.611. The number of β-lactam (4-membered cyclic amide) rings is 1. The molecule has 4 rings (SSSR count). The summed E-state index contributed by atoms with van der Waals surface area (Å²) in [6, 6.07) is 2.61. The molecule has 52 heavy (non-hydrogen) atoms. The number of carbonyl (C=O) groups is 4. The first-order valence-electron chi connectivity index (χ1n) is 18.4. The SMILES string of the molecule is CCCCCCCCCCCCCCCC(=O)OCc1ccc[n+](CC2=C(C(=O)[O-])N3C(=O)C(NC(=O)C(=NOCC)c4nsc(N)n4)[C@@H]3SC2)c1. The van der Waals surface area contributed by atoms with E-state index in [-0.39, 0.29) is 53.8 Å². The molecule has 1 fully saturated rings. The molecule has 284 valence electrons. The first-order chi connectivity index (χ1) is 25.2. The number of fused-ring (bicyclic) bond motifs is 1. The Morgan fingerprint density at radius 3 is 2.35 bits per heavy atom. The number of ether oxygens (including phenoxy) is 1. The van der Waals surface area contributed by atoms with Crippen LogP contribution >= 0.6 is 23.3 Å². The molecule has 2 atom stereocenters. The number of rotatable bonds is 24. The molecule has 0 spiro atoms. The van der Waals surface area contributed by atoms with Crippen molar-refractivity contribution in [3.63, 3.8) is 0 Å². The summed E-state index contributed by atoms with van der Waals surface area (Å²) in [5, 5.41) is 18.2. The number of nitrogens with zero attached hydrogens (tertiary/aromatic N) is 5. The summed E-state index contributed by atoms with van der Waals surface area (Å²) in [6.07, 6.45) is 20.1. The first-order valence-corrected chi connectivity index (χ1v) is 20.2. The molecule has 2 aliphatic heterocycles. The molecule has 16 heteroatoms. The van der Waals surface area contributed by atoms with Crippen LogP contribution in [0.15, 0.2) is 41.0 Å². The van der Waals surface area contributed by atoms with E-state index in [4.69, 9.17) is 15.3 Å². The van der Waals surface area contributed by atoms with Gasteiger partial charge in [-0.25, -0.2) is 4.57 Å². The number of carboxylic acids is 1. The Balaban J connectivity index is 1.21. The van der Waals surface area contributed by atoms with E-state index in [1.165, 1.54) is 76.0 Å². The lowest BCUT2D eigenvalue weighted by Gasteiger charge is -2.50. The van der Waals surface area contributed by atoms with Gasteiger partial charge in [0.05, 0.1) is 17.2 Å². The summed E-state index contributed by atoms with van der Waals surface area (Å²) in [5.74, 6) is -2.85. The molecule has 1 unspecified atom stereocenters. The topological polar surface area (TPSA) is 193 Å². The number of anilines is 1. The van der Waals surface area contributed by atoms with Crippen molar-refractivity contribution in [3.05, 3.63) is 47.2 Å². The average molecular weight is 758 g/mol. The monoisotopic (exact) mass is 757 g/mol. The number of nitrogen functional groups attached to an aromatic ring is 1. The van der Waals surface area contributed by atoms with Gasteiger partial charge in [-0.05, 0) is 19.4 Å². The van der Waals surface area contributed by atoms with Crippen molar-refractivity contribution in [1.82, 2.24) is 19.6 Å².